The Morgan fingerprint density at radius 1 is 0.767 bits per heavy atom. The van der Waals surface area contributed by atoms with Crippen LogP contribution in [0.2, 0.25) is 10.0 Å². The second-order valence-electron chi connectivity index (χ2n) is 7.51. The van der Waals surface area contributed by atoms with E-state index in [1.807, 2.05) is 26.1 Å². The summed E-state index contributed by atoms with van der Waals surface area (Å²) < 4.78 is 0. The Morgan fingerprint density at radius 2 is 1.37 bits per heavy atom. The van der Waals surface area contributed by atoms with Crippen LogP contribution in [0.25, 0.3) is 0 Å². The van der Waals surface area contributed by atoms with E-state index in [1.165, 1.54) is 0 Å². The topological polar surface area (TPSA) is 25.8 Å². The van der Waals surface area contributed by atoms with Crippen LogP contribution in [-0.4, -0.2) is 16.7 Å². The van der Waals surface area contributed by atoms with Gasteiger partial charge in [0.25, 0.3) is 0 Å². The molecule has 30 heavy (non-hydrogen) atoms. The Hall–Kier alpha value is -2.62. The summed E-state index contributed by atoms with van der Waals surface area (Å²) in [4.78, 5) is 9.03. The van der Waals surface area contributed by atoms with Crippen LogP contribution in [0.5, 0.6) is 0 Å². The third-order valence-electron chi connectivity index (χ3n) is 5.50. The second-order valence-corrected chi connectivity index (χ2v) is 8.33. The molecule has 1 atom stereocenters. The molecule has 3 aromatic carbocycles. The molecule has 0 aliphatic heterocycles. The molecule has 148 valence electrons. The highest BCUT2D eigenvalue weighted by Gasteiger charge is 2.33. The molecule has 0 bridgehead atoms. The summed E-state index contributed by atoms with van der Waals surface area (Å²) in [6, 6.07) is 23.0. The third-order valence-corrected chi connectivity index (χ3v) is 6.32. The fourth-order valence-corrected chi connectivity index (χ4v) is 4.23. The average Bonchev–Trinajstić information content (AvgIpc) is 2.77. The van der Waals surface area contributed by atoms with Crippen molar-refractivity contribution in [2.45, 2.75) is 19.7 Å². The molecular formula is C25H21BCl2N2. The zero-order valence-electron chi connectivity index (χ0n) is 16.9. The molecule has 0 spiro atoms. The van der Waals surface area contributed by atoms with Crippen LogP contribution in [0.1, 0.15) is 28.2 Å². The van der Waals surface area contributed by atoms with Gasteiger partial charge in [-0.15, -0.1) is 0 Å². The fourth-order valence-electron chi connectivity index (χ4n) is 3.85. The van der Waals surface area contributed by atoms with Gasteiger partial charge < -0.3 is 0 Å². The summed E-state index contributed by atoms with van der Waals surface area (Å²) in [5, 5.41) is 1.50. The maximum Gasteiger partial charge on any atom is 0.223 e. The normalized spacial score (nSPS) is 11.9. The van der Waals surface area contributed by atoms with Crippen LogP contribution in [0.3, 0.4) is 0 Å². The van der Waals surface area contributed by atoms with E-state index in [-0.39, 0.29) is 12.5 Å². The first kappa shape index (κ1) is 20.6. The van der Waals surface area contributed by atoms with Crippen LogP contribution in [0.4, 0.5) is 0 Å². The molecule has 4 aromatic rings. The van der Waals surface area contributed by atoms with Gasteiger partial charge in [0.15, 0.2) is 0 Å². The Labute approximate surface area is 188 Å². The number of halogens is 2. The first-order valence-corrected chi connectivity index (χ1v) is 10.6. The lowest BCUT2D eigenvalue weighted by Crippen LogP contribution is -2.48. The minimum absolute atomic E-state index is 0.0275. The summed E-state index contributed by atoms with van der Waals surface area (Å²) in [6.07, 6.45) is 5.29. The first-order valence-electron chi connectivity index (χ1n) is 9.87. The monoisotopic (exact) mass is 430 g/mol. The maximum absolute atomic E-state index is 6.54. The highest BCUT2D eigenvalue weighted by atomic mass is 35.5. The molecule has 1 heterocycles. The van der Waals surface area contributed by atoms with E-state index in [2.05, 4.69) is 70.6 Å². The third kappa shape index (κ3) is 4.28. The SMILES string of the molecule is Cc1ccc(B(c2ccc(C)c(Cl)c2)C(c2ccccc2)c2cnccn2)cc1Cl. The number of rotatable bonds is 5. The zero-order valence-corrected chi connectivity index (χ0v) is 18.4. The predicted molar refractivity (Wildman–Crippen MR) is 128 cm³/mol. The van der Waals surface area contributed by atoms with Crippen molar-refractivity contribution in [3.63, 3.8) is 0 Å². The zero-order chi connectivity index (χ0) is 21.1. The van der Waals surface area contributed by atoms with Gasteiger partial charge >= 0.3 is 0 Å². The van der Waals surface area contributed by atoms with E-state index in [0.717, 1.165) is 43.4 Å². The van der Waals surface area contributed by atoms with Crippen molar-refractivity contribution in [2.75, 3.05) is 0 Å². The minimum atomic E-state index is -0.0440. The molecule has 0 amide bonds. The number of aromatic nitrogens is 2. The van der Waals surface area contributed by atoms with Gasteiger partial charge in [-0.25, -0.2) is 0 Å². The van der Waals surface area contributed by atoms with E-state index in [1.54, 1.807) is 12.4 Å². The van der Waals surface area contributed by atoms with Gasteiger partial charge in [0.2, 0.25) is 6.71 Å². The Morgan fingerprint density at radius 3 is 1.87 bits per heavy atom. The van der Waals surface area contributed by atoms with E-state index < -0.39 is 0 Å². The average molecular weight is 431 g/mol. The highest BCUT2D eigenvalue weighted by molar-refractivity contribution is 6.87. The number of aryl methyl sites for hydroxylation is 2. The Kier molecular flexibility index (Phi) is 6.22. The van der Waals surface area contributed by atoms with Crippen LogP contribution < -0.4 is 10.9 Å². The van der Waals surface area contributed by atoms with Crippen molar-refractivity contribution in [2.24, 2.45) is 0 Å². The molecule has 0 aliphatic carbocycles. The van der Waals surface area contributed by atoms with E-state index in [0.29, 0.717) is 0 Å². The summed E-state index contributed by atoms with van der Waals surface area (Å²) in [6.45, 7) is 4.00. The number of benzene rings is 3. The molecule has 0 radical (unpaired) electrons. The molecule has 2 nitrogen and oxygen atoms in total. The van der Waals surface area contributed by atoms with Crippen molar-refractivity contribution < 1.29 is 0 Å². The van der Waals surface area contributed by atoms with Gasteiger partial charge in [-0.2, -0.15) is 0 Å². The molecule has 0 N–H and O–H groups in total. The lowest BCUT2D eigenvalue weighted by Gasteiger charge is -2.26. The summed E-state index contributed by atoms with van der Waals surface area (Å²) in [5.41, 5.74) is 6.40. The van der Waals surface area contributed by atoms with Gasteiger partial charge in [0.05, 0.1) is 5.69 Å². The lowest BCUT2D eigenvalue weighted by molar-refractivity contribution is 0.988. The number of hydrogen-bond acceptors (Lipinski definition) is 2. The first-order chi connectivity index (χ1) is 14.5. The molecule has 0 saturated carbocycles. The molecule has 1 unspecified atom stereocenters. The van der Waals surface area contributed by atoms with Crippen LogP contribution in [0, 0.1) is 13.8 Å². The highest BCUT2D eigenvalue weighted by Crippen LogP contribution is 2.27. The van der Waals surface area contributed by atoms with Crippen molar-refractivity contribution in [1.82, 2.24) is 9.97 Å². The predicted octanol–water partition coefficient (Wildman–Crippen LogP) is 5.38. The summed E-state index contributed by atoms with van der Waals surface area (Å²) in [5.74, 6) is -0.0440. The van der Waals surface area contributed by atoms with E-state index >= 15 is 0 Å². The lowest BCUT2D eigenvalue weighted by atomic mass is 9.32. The van der Waals surface area contributed by atoms with Gasteiger partial charge in [-0.1, -0.05) is 88.7 Å². The molecule has 0 saturated heterocycles. The van der Waals surface area contributed by atoms with Gasteiger partial charge in [-0.05, 0) is 42.7 Å². The van der Waals surface area contributed by atoms with Gasteiger partial charge in [0.1, 0.15) is 0 Å². The number of hydrogen-bond donors (Lipinski definition) is 0. The molecule has 1 aromatic heterocycles. The molecule has 4 rings (SSSR count). The smallest absolute Gasteiger partial charge is 0.223 e. The molecule has 0 aliphatic rings. The van der Waals surface area contributed by atoms with Crippen molar-refractivity contribution in [3.05, 3.63) is 118 Å². The van der Waals surface area contributed by atoms with Crippen molar-refractivity contribution in [3.8, 4) is 0 Å². The largest absolute Gasteiger partial charge is 0.261 e. The fraction of sp³-hybridized carbons (Fsp3) is 0.120. The number of nitrogens with zero attached hydrogens (tertiary/aromatic N) is 2. The summed E-state index contributed by atoms with van der Waals surface area (Å²) in [7, 11) is 0. The Bertz CT molecular complexity index is 1060. The van der Waals surface area contributed by atoms with Crippen molar-refractivity contribution >= 4 is 40.8 Å². The quantitative estimate of drug-likeness (QED) is 0.397. The molecular weight excluding hydrogens is 410 g/mol. The van der Waals surface area contributed by atoms with E-state index in [9.17, 15) is 0 Å². The van der Waals surface area contributed by atoms with Gasteiger partial charge in [0, 0.05) is 34.5 Å². The maximum atomic E-state index is 6.54. The molecule has 0 fully saturated rings. The molecule has 5 heteroatoms. The Balaban J connectivity index is 1.98. The van der Waals surface area contributed by atoms with E-state index in [4.69, 9.17) is 23.2 Å². The standard InChI is InChI=1S/C25H21BCl2N2/c1-17-8-10-20(14-22(17)27)26(21-11-9-18(2)23(28)15-21)25(19-6-4-3-5-7-19)24-16-29-12-13-30-24/h3-16,25H,1-2H3. The van der Waals surface area contributed by atoms with Crippen LogP contribution in [0.15, 0.2) is 85.3 Å². The van der Waals surface area contributed by atoms with Crippen molar-refractivity contribution in [1.29, 1.82) is 0 Å². The second kappa shape index (κ2) is 9.03. The summed E-state index contributed by atoms with van der Waals surface area (Å²) >= 11 is 13.1. The minimum Gasteiger partial charge on any atom is -0.261 e. The van der Waals surface area contributed by atoms with Crippen LogP contribution in [-0.2, 0) is 0 Å². The van der Waals surface area contributed by atoms with Crippen LogP contribution >= 0.6 is 23.2 Å². The van der Waals surface area contributed by atoms with Gasteiger partial charge in [-0.3, -0.25) is 9.97 Å².